The Labute approximate surface area is 196 Å². The normalized spacial score (nSPS) is 10.6. The molecule has 4 rings (SSSR count). The smallest absolute Gasteiger partial charge is 0.257 e. The Bertz CT molecular complexity index is 1110. The molecule has 2 aromatic heterocycles. The maximum absolute atomic E-state index is 12.3. The third kappa shape index (κ3) is 5.01. The van der Waals surface area contributed by atoms with Crippen molar-refractivity contribution in [3.63, 3.8) is 0 Å². The van der Waals surface area contributed by atoms with Gasteiger partial charge in [-0.25, -0.2) is 9.97 Å². The van der Waals surface area contributed by atoms with Gasteiger partial charge >= 0.3 is 0 Å². The van der Waals surface area contributed by atoms with Gasteiger partial charge in [0, 0.05) is 30.8 Å². The van der Waals surface area contributed by atoms with Crippen molar-refractivity contribution < 1.29 is 9.59 Å². The molecule has 0 fully saturated rings. The fraction of sp³-hybridized carbons (Fsp3) is 0. The molecular weight excluding hydrogens is 552 g/mol. The minimum atomic E-state index is -0.232. The van der Waals surface area contributed by atoms with Gasteiger partial charge in [-0.15, -0.1) is 22.7 Å². The number of carbonyl (C=O) groups excluding carboxylic acids is 2. The van der Waals surface area contributed by atoms with Gasteiger partial charge in [0.15, 0.2) is 10.3 Å². The molecule has 0 spiro atoms. The van der Waals surface area contributed by atoms with Crippen molar-refractivity contribution in [2.75, 3.05) is 10.6 Å². The minimum absolute atomic E-state index is 0.232. The molecule has 0 saturated heterocycles. The first kappa shape index (κ1) is 20.9. The van der Waals surface area contributed by atoms with Crippen LogP contribution in [0.25, 0.3) is 11.4 Å². The Morgan fingerprint density at radius 3 is 1.40 bits per heavy atom. The van der Waals surface area contributed by atoms with Crippen LogP contribution in [0.15, 0.2) is 68.2 Å². The van der Waals surface area contributed by atoms with Crippen LogP contribution in [0.2, 0.25) is 0 Å². The van der Waals surface area contributed by atoms with E-state index in [2.05, 4.69) is 52.5 Å². The highest BCUT2D eigenvalue weighted by Crippen LogP contribution is 2.28. The van der Waals surface area contributed by atoms with Gasteiger partial charge in [-0.3, -0.25) is 20.2 Å². The zero-order valence-corrected chi connectivity index (χ0v) is 19.9. The quantitative estimate of drug-likeness (QED) is 0.298. The van der Waals surface area contributed by atoms with E-state index < -0.39 is 0 Å². The summed E-state index contributed by atoms with van der Waals surface area (Å²) < 4.78 is 1.81. The zero-order valence-electron chi connectivity index (χ0n) is 15.1. The van der Waals surface area contributed by atoms with Crippen molar-refractivity contribution in [1.29, 1.82) is 0 Å². The summed E-state index contributed by atoms with van der Waals surface area (Å²) in [5, 5.41) is 10.2. The van der Waals surface area contributed by atoms with Gasteiger partial charge in [0.05, 0.1) is 0 Å². The second-order valence-electron chi connectivity index (χ2n) is 6.00. The lowest BCUT2D eigenvalue weighted by atomic mass is 10.2. The van der Waals surface area contributed by atoms with Crippen LogP contribution in [0.3, 0.4) is 0 Å². The van der Waals surface area contributed by atoms with Crippen LogP contribution in [0.1, 0.15) is 20.7 Å². The summed E-state index contributed by atoms with van der Waals surface area (Å²) in [6.45, 7) is 0. The molecular formula is C20H12Br2N4O2S2. The second-order valence-corrected chi connectivity index (χ2v) is 9.55. The van der Waals surface area contributed by atoms with Crippen molar-refractivity contribution in [3.8, 4) is 11.4 Å². The standard InChI is InChI=1S/C20H12Br2N4O2S2/c21-13-5-1-11(2-6-13)17(27)25-19-23-15(9-29-19)16-10-30-20(24-16)26-18(28)12-3-7-14(22)8-4-12/h1-10H,(H,23,25,27)(H,24,26,28). The Morgan fingerprint density at radius 2 is 1.03 bits per heavy atom. The summed E-state index contributed by atoms with van der Waals surface area (Å²) in [5.41, 5.74) is 2.35. The largest absolute Gasteiger partial charge is 0.298 e. The predicted molar refractivity (Wildman–Crippen MR) is 127 cm³/mol. The molecule has 0 aliphatic heterocycles. The van der Waals surface area contributed by atoms with Crippen molar-refractivity contribution in [3.05, 3.63) is 79.4 Å². The maximum atomic E-state index is 12.3. The van der Waals surface area contributed by atoms with Crippen LogP contribution in [-0.4, -0.2) is 21.8 Å². The number of hydrogen-bond acceptors (Lipinski definition) is 6. The van der Waals surface area contributed by atoms with Crippen molar-refractivity contribution in [1.82, 2.24) is 9.97 Å². The topological polar surface area (TPSA) is 84.0 Å². The van der Waals surface area contributed by atoms with E-state index in [9.17, 15) is 9.59 Å². The summed E-state index contributed by atoms with van der Waals surface area (Å²) in [4.78, 5) is 33.5. The number of nitrogens with one attached hydrogen (secondary N) is 2. The molecule has 150 valence electrons. The molecule has 2 N–H and O–H groups in total. The summed E-state index contributed by atoms with van der Waals surface area (Å²) in [6, 6.07) is 14.2. The minimum Gasteiger partial charge on any atom is -0.298 e. The number of halogens is 2. The fourth-order valence-corrected chi connectivity index (χ4v) is 4.37. The number of amides is 2. The SMILES string of the molecule is O=C(Nc1nc(-c2csc(NC(=O)c3ccc(Br)cc3)n2)cs1)c1ccc(Br)cc1. The number of carbonyl (C=O) groups is 2. The van der Waals surface area contributed by atoms with Crippen molar-refractivity contribution in [2.45, 2.75) is 0 Å². The van der Waals surface area contributed by atoms with Crippen LogP contribution in [0, 0.1) is 0 Å². The van der Waals surface area contributed by atoms with Gasteiger partial charge in [0.2, 0.25) is 0 Å². The maximum Gasteiger partial charge on any atom is 0.257 e. The molecule has 2 heterocycles. The number of hydrogen-bond donors (Lipinski definition) is 2. The third-order valence-corrected chi connectivity index (χ3v) is 6.50. The summed E-state index contributed by atoms with van der Waals surface area (Å²) in [6.07, 6.45) is 0. The molecule has 6 nitrogen and oxygen atoms in total. The third-order valence-electron chi connectivity index (χ3n) is 3.92. The van der Waals surface area contributed by atoms with E-state index in [1.54, 1.807) is 24.3 Å². The lowest BCUT2D eigenvalue weighted by Crippen LogP contribution is -2.11. The molecule has 0 radical (unpaired) electrons. The second kappa shape index (κ2) is 9.17. The highest BCUT2D eigenvalue weighted by molar-refractivity contribution is 9.10. The number of benzene rings is 2. The molecule has 2 amide bonds. The Morgan fingerprint density at radius 1 is 0.667 bits per heavy atom. The van der Waals surface area contributed by atoms with Gasteiger partial charge < -0.3 is 0 Å². The van der Waals surface area contributed by atoms with E-state index in [4.69, 9.17) is 0 Å². The Kier molecular flexibility index (Phi) is 6.38. The fourth-order valence-electron chi connectivity index (χ4n) is 2.44. The Hall–Kier alpha value is -2.40. The molecule has 0 bridgehead atoms. The predicted octanol–water partition coefficient (Wildman–Crippen LogP) is 6.30. The molecule has 2 aromatic carbocycles. The highest BCUT2D eigenvalue weighted by atomic mass is 79.9. The lowest BCUT2D eigenvalue weighted by Gasteiger charge is -2.01. The molecule has 0 aliphatic rings. The van der Waals surface area contributed by atoms with Crippen LogP contribution < -0.4 is 10.6 Å². The van der Waals surface area contributed by atoms with Gasteiger partial charge in [0.25, 0.3) is 11.8 Å². The average molecular weight is 564 g/mol. The number of anilines is 2. The van der Waals surface area contributed by atoms with E-state index in [-0.39, 0.29) is 11.8 Å². The molecule has 0 unspecified atom stereocenters. The van der Waals surface area contributed by atoms with E-state index in [1.165, 1.54) is 22.7 Å². The summed E-state index contributed by atoms with van der Waals surface area (Å²) in [7, 11) is 0. The average Bonchev–Trinajstić information content (AvgIpc) is 3.38. The van der Waals surface area contributed by atoms with E-state index in [0.29, 0.717) is 32.8 Å². The molecule has 0 saturated carbocycles. The number of rotatable bonds is 5. The van der Waals surface area contributed by atoms with Crippen LogP contribution in [0.5, 0.6) is 0 Å². The van der Waals surface area contributed by atoms with Crippen LogP contribution in [0.4, 0.5) is 10.3 Å². The highest BCUT2D eigenvalue weighted by Gasteiger charge is 2.14. The molecule has 0 atom stereocenters. The number of nitrogens with zero attached hydrogens (tertiary/aromatic N) is 2. The summed E-state index contributed by atoms with van der Waals surface area (Å²) in [5.74, 6) is -0.465. The van der Waals surface area contributed by atoms with Crippen molar-refractivity contribution >= 4 is 76.6 Å². The van der Waals surface area contributed by atoms with E-state index in [1.807, 2.05) is 35.0 Å². The molecule has 0 aliphatic carbocycles. The zero-order chi connectivity index (χ0) is 21.1. The van der Waals surface area contributed by atoms with Crippen LogP contribution in [-0.2, 0) is 0 Å². The Balaban J connectivity index is 1.42. The first-order valence-electron chi connectivity index (χ1n) is 8.53. The van der Waals surface area contributed by atoms with Crippen molar-refractivity contribution in [2.24, 2.45) is 0 Å². The van der Waals surface area contributed by atoms with Gasteiger partial charge in [-0.1, -0.05) is 31.9 Å². The monoisotopic (exact) mass is 562 g/mol. The van der Waals surface area contributed by atoms with Gasteiger partial charge in [-0.2, -0.15) is 0 Å². The first-order chi connectivity index (χ1) is 14.5. The van der Waals surface area contributed by atoms with Gasteiger partial charge in [-0.05, 0) is 48.5 Å². The van der Waals surface area contributed by atoms with E-state index in [0.717, 1.165) is 8.95 Å². The number of thiazole rings is 2. The first-order valence-corrected chi connectivity index (χ1v) is 11.9. The van der Waals surface area contributed by atoms with Crippen LogP contribution >= 0.6 is 54.5 Å². The van der Waals surface area contributed by atoms with E-state index >= 15 is 0 Å². The lowest BCUT2D eigenvalue weighted by molar-refractivity contribution is 0.101. The van der Waals surface area contributed by atoms with Gasteiger partial charge in [0.1, 0.15) is 11.4 Å². The molecule has 30 heavy (non-hydrogen) atoms. The molecule has 4 aromatic rings. The molecule has 10 heteroatoms. The number of aromatic nitrogens is 2. The summed E-state index contributed by atoms with van der Waals surface area (Å²) >= 11 is 9.32.